The molecule has 0 radical (unpaired) electrons. The lowest BCUT2D eigenvalue weighted by Gasteiger charge is -2.04. The van der Waals surface area contributed by atoms with Gasteiger partial charge in [-0.1, -0.05) is 18.2 Å². The summed E-state index contributed by atoms with van der Waals surface area (Å²) in [6.07, 6.45) is 5.25. The molecule has 14 heavy (non-hydrogen) atoms. The molecule has 0 spiro atoms. The van der Waals surface area contributed by atoms with Crippen LogP contribution in [0.25, 0.3) is 0 Å². The number of hydrogen-bond acceptors (Lipinski definition) is 2. The Morgan fingerprint density at radius 2 is 2.14 bits per heavy atom. The number of Topliss-reactive ketones (excluding diaryl/α,β-unsaturated/α-hetero) is 1. The Morgan fingerprint density at radius 1 is 1.43 bits per heavy atom. The van der Waals surface area contributed by atoms with Gasteiger partial charge in [-0.15, -0.1) is 11.8 Å². The first kappa shape index (κ1) is 9.78. The zero-order chi connectivity index (χ0) is 9.97. The second kappa shape index (κ2) is 4.18. The van der Waals surface area contributed by atoms with E-state index in [1.807, 2.05) is 30.5 Å². The zero-order valence-corrected chi connectivity index (χ0v) is 9.14. The van der Waals surface area contributed by atoms with Crippen LogP contribution in [0.15, 0.2) is 29.2 Å². The van der Waals surface area contributed by atoms with E-state index in [2.05, 4.69) is 0 Å². The van der Waals surface area contributed by atoms with E-state index < -0.39 is 0 Å². The van der Waals surface area contributed by atoms with Gasteiger partial charge < -0.3 is 0 Å². The molecule has 0 saturated heterocycles. The fourth-order valence-corrected chi connectivity index (χ4v) is 2.19. The van der Waals surface area contributed by atoms with E-state index in [4.69, 9.17) is 0 Å². The summed E-state index contributed by atoms with van der Waals surface area (Å²) < 4.78 is 0. The zero-order valence-electron chi connectivity index (χ0n) is 8.32. The monoisotopic (exact) mass is 206 g/mol. The standard InChI is InChI=1S/C12H14OS/c1-14-12-5-3-2-4-10(12)11(13)8-9-6-7-9/h2-5,9H,6-8H2,1H3. The van der Waals surface area contributed by atoms with E-state index in [0.29, 0.717) is 11.7 Å². The van der Waals surface area contributed by atoms with Crippen LogP contribution in [0, 0.1) is 5.92 Å². The molecule has 1 aromatic rings. The second-order valence-electron chi connectivity index (χ2n) is 3.77. The molecule has 1 aromatic carbocycles. The summed E-state index contributed by atoms with van der Waals surface area (Å²) >= 11 is 1.65. The summed E-state index contributed by atoms with van der Waals surface area (Å²) in [6.45, 7) is 0. The lowest BCUT2D eigenvalue weighted by Crippen LogP contribution is -2.01. The maximum atomic E-state index is 11.9. The molecule has 0 N–H and O–H groups in total. The van der Waals surface area contributed by atoms with Crippen molar-refractivity contribution in [1.29, 1.82) is 0 Å². The highest BCUT2D eigenvalue weighted by Gasteiger charge is 2.25. The molecule has 0 amide bonds. The topological polar surface area (TPSA) is 17.1 Å². The molecule has 1 aliphatic carbocycles. The number of rotatable bonds is 4. The summed E-state index contributed by atoms with van der Waals surface area (Å²) in [6, 6.07) is 7.89. The molecule has 0 aromatic heterocycles. The van der Waals surface area contributed by atoms with Gasteiger partial charge in [0.05, 0.1) is 0 Å². The average molecular weight is 206 g/mol. The first-order valence-electron chi connectivity index (χ1n) is 4.97. The van der Waals surface area contributed by atoms with Crippen LogP contribution >= 0.6 is 11.8 Å². The van der Waals surface area contributed by atoms with Crippen LogP contribution in [-0.4, -0.2) is 12.0 Å². The second-order valence-corrected chi connectivity index (χ2v) is 4.62. The number of carbonyl (C=O) groups is 1. The Morgan fingerprint density at radius 3 is 2.79 bits per heavy atom. The normalized spacial score (nSPS) is 15.5. The third-order valence-corrected chi connectivity index (χ3v) is 3.37. The van der Waals surface area contributed by atoms with Crippen LogP contribution < -0.4 is 0 Å². The van der Waals surface area contributed by atoms with Crippen molar-refractivity contribution < 1.29 is 4.79 Å². The van der Waals surface area contributed by atoms with Gasteiger partial charge in [-0.3, -0.25) is 4.79 Å². The molecule has 1 fully saturated rings. The van der Waals surface area contributed by atoms with Gasteiger partial charge in [0.2, 0.25) is 0 Å². The maximum Gasteiger partial charge on any atom is 0.164 e. The summed E-state index contributed by atoms with van der Waals surface area (Å²) in [5.41, 5.74) is 0.909. The molecular formula is C12H14OS. The summed E-state index contributed by atoms with van der Waals surface area (Å²) in [5.74, 6) is 0.995. The minimum Gasteiger partial charge on any atom is -0.294 e. The van der Waals surface area contributed by atoms with Crippen molar-refractivity contribution in [2.75, 3.05) is 6.26 Å². The van der Waals surface area contributed by atoms with Gasteiger partial charge >= 0.3 is 0 Å². The van der Waals surface area contributed by atoms with E-state index in [1.54, 1.807) is 11.8 Å². The van der Waals surface area contributed by atoms with Crippen molar-refractivity contribution in [2.45, 2.75) is 24.2 Å². The van der Waals surface area contributed by atoms with Crippen LogP contribution in [0.2, 0.25) is 0 Å². The summed E-state index contributed by atoms with van der Waals surface area (Å²) in [7, 11) is 0. The Hall–Kier alpha value is -0.760. The molecule has 0 unspecified atom stereocenters. The molecule has 1 nitrogen and oxygen atoms in total. The van der Waals surface area contributed by atoms with E-state index >= 15 is 0 Å². The highest BCUT2D eigenvalue weighted by molar-refractivity contribution is 7.98. The summed E-state index contributed by atoms with van der Waals surface area (Å²) in [4.78, 5) is 13.0. The SMILES string of the molecule is CSc1ccccc1C(=O)CC1CC1. The van der Waals surface area contributed by atoms with Gasteiger partial charge in [0, 0.05) is 16.9 Å². The first-order valence-corrected chi connectivity index (χ1v) is 6.20. The molecule has 1 aliphatic rings. The van der Waals surface area contributed by atoms with Crippen LogP contribution in [0.1, 0.15) is 29.6 Å². The third kappa shape index (κ3) is 2.18. The van der Waals surface area contributed by atoms with Gasteiger partial charge in [0.25, 0.3) is 0 Å². The number of ketones is 1. The van der Waals surface area contributed by atoms with Gasteiger partial charge in [-0.2, -0.15) is 0 Å². The van der Waals surface area contributed by atoms with Crippen molar-refractivity contribution in [2.24, 2.45) is 5.92 Å². The molecular weight excluding hydrogens is 192 g/mol. The van der Waals surface area contributed by atoms with Crippen molar-refractivity contribution in [1.82, 2.24) is 0 Å². The van der Waals surface area contributed by atoms with E-state index in [9.17, 15) is 4.79 Å². The Labute approximate surface area is 88.9 Å². The average Bonchev–Trinajstić information content (AvgIpc) is 3.01. The minimum absolute atomic E-state index is 0.317. The molecule has 0 aliphatic heterocycles. The van der Waals surface area contributed by atoms with Crippen molar-refractivity contribution in [3.05, 3.63) is 29.8 Å². The largest absolute Gasteiger partial charge is 0.294 e. The highest BCUT2D eigenvalue weighted by atomic mass is 32.2. The maximum absolute atomic E-state index is 11.9. The smallest absolute Gasteiger partial charge is 0.164 e. The van der Waals surface area contributed by atoms with Crippen molar-refractivity contribution >= 4 is 17.5 Å². The number of thioether (sulfide) groups is 1. The predicted octanol–water partition coefficient (Wildman–Crippen LogP) is 3.39. The lowest BCUT2D eigenvalue weighted by atomic mass is 10.1. The van der Waals surface area contributed by atoms with Crippen LogP contribution in [0.4, 0.5) is 0 Å². The van der Waals surface area contributed by atoms with Crippen molar-refractivity contribution in [3.8, 4) is 0 Å². The molecule has 2 heteroatoms. The summed E-state index contributed by atoms with van der Waals surface area (Å²) in [5, 5.41) is 0. The molecule has 2 rings (SSSR count). The van der Waals surface area contributed by atoms with Crippen LogP contribution in [0.5, 0.6) is 0 Å². The van der Waals surface area contributed by atoms with Crippen molar-refractivity contribution in [3.63, 3.8) is 0 Å². The molecule has 0 bridgehead atoms. The van der Waals surface area contributed by atoms with E-state index in [-0.39, 0.29) is 0 Å². The van der Waals surface area contributed by atoms with Gasteiger partial charge in [-0.05, 0) is 31.1 Å². The Balaban J connectivity index is 2.16. The third-order valence-electron chi connectivity index (χ3n) is 2.58. The fourth-order valence-electron chi connectivity index (χ4n) is 1.57. The number of carbonyl (C=O) groups excluding carboxylic acids is 1. The van der Waals surface area contributed by atoms with E-state index in [0.717, 1.165) is 16.9 Å². The van der Waals surface area contributed by atoms with E-state index in [1.165, 1.54) is 12.8 Å². The fraction of sp³-hybridized carbons (Fsp3) is 0.417. The quantitative estimate of drug-likeness (QED) is 0.555. The number of benzene rings is 1. The minimum atomic E-state index is 0.317. The Kier molecular flexibility index (Phi) is 2.92. The van der Waals surface area contributed by atoms with Crippen LogP contribution in [-0.2, 0) is 0 Å². The molecule has 74 valence electrons. The molecule has 0 atom stereocenters. The molecule has 0 heterocycles. The number of hydrogen-bond donors (Lipinski definition) is 0. The van der Waals surface area contributed by atoms with Crippen LogP contribution in [0.3, 0.4) is 0 Å². The highest BCUT2D eigenvalue weighted by Crippen LogP contribution is 2.34. The van der Waals surface area contributed by atoms with Gasteiger partial charge in [-0.25, -0.2) is 0 Å². The van der Waals surface area contributed by atoms with Gasteiger partial charge in [0.1, 0.15) is 0 Å². The lowest BCUT2D eigenvalue weighted by molar-refractivity contribution is 0.0973. The predicted molar refractivity (Wildman–Crippen MR) is 59.9 cm³/mol. The molecule has 1 saturated carbocycles. The first-order chi connectivity index (χ1) is 6.81. The Bertz CT molecular complexity index is 342. The van der Waals surface area contributed by atoms with Gasteiger partial charge in [0.15, 0.2) is 5.78 Å².